The monoisotopic (exact) mass is 269 g/mol. The van der Waals surface area contributed by atoms with Crippen molar-refractivity contribution in [3.8, 4) is 0 Å². The molecule has 4 nitrogen and oxygen atoms in total. The first-order valence-corrected chi connectivity index (χ1v) is 7.60. The van der Waals surface area contributed by atoms with Gasteiger partial charge in [-0.2, -0.15) is 0 Å². The Balaban J connectivity index is 1.64. The van der Waals surface area contributed by atoms with Crippen LogP contribution in [0, 0.1) is 5.92 Å². The lowest BCUT2D eigenvalue weighted by molar-refractivity contribution is -0.139. The molecule has 2 aliphatic heterocycles. The normalized spacial score (nSPS) is 31.2. The van der Waals surface area contributed by atoms with E-state index in [1.807, 2.05) is 6.20 Å². The van der Waals surface area contributed by atoms with Gasteiger partial charge in [0.2, 0.25) is 5.91 Å². The number of rotatable bonds is 1. The topological polar surface area (TPSA) is 46.1 Å². The molecule has 104 valence electrons. The fraction of sp³-hybridized carbons (Fsp3) is 0.562. The summed E-state index contributed by atoms with van der Waals surface area (Å²) in [5.41, 5.74) is 2.33. The number of carbonyl (C=O) groups excluding carboxylic acids is 1. The van der Waals surface area contributed by atoms with Gasteiger partial charge in [0, 0.05) is 30.1 Å². The van der Waals surface area contributed by atoms with Gasteiger partial charge in [0.1, 0.15) is 6.33 Å². The minimum absolute atomic E-state index is 0.189. The van der Waals surface area contributed by atoms with Gasteiger partial charge in [-0.05, 0) is 32.1 Å². The molecule has 2 bridgehead atoms. The van der Waals surface area contributed by atoms with Crippen molar-refractivity contribution >= 4 is 5.91 Å². The van der Waals surface area contributed by atoms with Gasteiger partial charge in [-0.3, -0.25) is 4.79 Å². The maximum Gasteiger partial charge on any atom is 0.226 e. The zero-order chi connectivity index (χ0) is 13.5. The Hall–Kier alpha value is -1.71. The Morgan fingerprint density at radius 3 is 3.05 bits per heavy atom. The van der Waals surface area contributed by atoms with Gasteiger partial charge >= 0.3 is 0 Å². The van der Waals surface area contributed by atoms with Gasteiger partial charge in [-0.15, -0.1) is 0 Å². The Labute approximate surface area is 118 Å². The molecule has 4 heteroatoms. The molecular weight excluding hydrogens is 250 g/mol. The molecule has 0 aromatic carbocycles. The molecule has 1 amide bonds. The first kappa shape index (κ1) is 12.1. The number of allylic oxidation sites excluding steroid dienone is 2. The Morgan fingerprint density at radius 1 is 1.25 bits per heavy atom. The Bertz CT molecular complexity index is 569. The van der Waals surface area contributed by atoms with E-state index in [1.165, 1.54) is 5.56 Å². The number of hydrogen-bond acceptors (Lipinski definition) is 3. The minimum Gasteiger partial charge on any atom is -0.332 e. The summed E-state index contributed by atoms with van der Waals surface area (Å²) in [5, 5.41) is 0. The number of hydrogen-bond donors (Lipinski definition) is 0. The molecule has 1 aromatic rings. The van der Waals surface area contributed by atoms with E-state index in [0.717, 1.165) is 44.2 Å². The van der Waals surface area contributed by atoms with E-state index >= 15 is 0 Å². The van der Waals surface area contributed by atoms with Crippen LogP contribution in [0.4, 0.5) is 0 Å². The highest BCUT2D eigenvalue weighted by atomic mass is 16.2. The Morgan fingerprint density at radius 2 is 2.20 bits per heavy atom. The predicted octanol–water partition coefficient (Wildman–Crippen LogP) is 2.42. The van der Waals surface area contributed by atoms with Crippen LogP contribution in [0.3, 0.4) is 0 Å². The van der Waals surface area contributed by atoms with Crippen molar-refractivity contribution < 1.29 is 4.79 Å². The van der Waals surface area contributed by atoms with Crippen LogP contribution in [-0.4, -0.2) is 26.8 Å². The van der Waals surface area contributed by atoms with Gasteiger partial charge < -0.3 is 4.90 Å². The summed E-state index contributed by atoms with van der Waals surface area (Å²) >= 11 is 0. The lowest BCUT2D eigenvalue weighted by Gasteiger charge is -2.38. The molecule has 0 spiro atoms. The third-order valence-electron chi connectivity index (χ3n) is 4.99. The second kappa shape index (κ2) is 4.69. The highest BCUT2D eigenvalue weighted by Gasteiger charge is 2.44. The summed E-state index contributed by atoms with van der Waals surface area (Å²) < 4.78 is 0. The molecule has 0 radical (unpaired) electrons. The second-order valence-corrected chi connectivity index (χ2v) is 6.10. The van der Waals surface area contributed by atoms with Crippen LogP contribution in [0.1, 0.15) is 49.4 Å². The minimum atomic E-state index is 0.189. The SMILES string of the molecule is O=C(C1CC=CCC1)N1C2CCC1c1cncnc1C2. The van der Waals surface area contributed by atoms with Crippen LogP contribution in [-0.2, 0) is 11.2 Å². The first-order chi connectivity index (χ1) is 9.84. The van der Waals surface area contributed by atoms with Crippen LogP contribution >= 0.6 is 0 Å². The molecule has 3 heterocycles. The summed E-state index contributed by atoms with van der Waals surface area (Å²) in [5.74, 6) is 0.547. The van der Waals surface area contributed by atoms with Gasteiger partial charge in [0.25, 0.3) is 0 Å². The highest BCUT2D eigenvalue weighted by molar-refractivity contribution is 5.80. The molecule has 0 saturated carbocycles. The van der Waals surface area contributed by atoms with E-state index in [0.29, 0.717) is 11.9 Å². The van der Waals surface area contributed by atoms with Crippen molar-refractivity contribution in [3.63, 3.8) is 0 Å². The summed E-state index contributed by atoms with van der Waals surface area (Å²) in [6.07, 6.45) is 13.9. The zero-order valence-electron chi connectivity index (χ0n) is 11.5. The van der Waals surface area contributed by atoms with Crippen LogP contribution in [0.2, 0.25) is 0 Å². The summed E-state index contributed by atoms with van der Waals surface area (Å²) in [6.45, 7) is 0. The molecule has 3 aliphatic rings. The average molecular weight is 269 g/mol. The van der Waals surface area contributed by atoms with Gasteiger partial charge in [-0.25, -0.2) is 9.97 Å². The molecular formula is C16H19N3O. The number of nitrogens with zero attached hydrogens (tertiary/aromatic N) is 3. The zero-order valence-corrected chi connectivity index (χ0v) is 11.5. The standard InChI is InChI=1S/C16H19N3O/c20-16(11-4-2-1-3-5-11)19-12-6-7-15(19)13-9-17-10-18-14(13)8-12/h1-2,9-12,15H,3-8H2. The fourth-order valence-corrected chi connectivity index (χ4v) is 3.99. The third kappa shape index (κ3) is 1.78. The molecule has 4 rings (SSSR count). The van der Waals surface area contributed by atoms with E-state index in [9.17, 15) is 4.79 Å². The molecule has 1 aromatic heterocycles. The maximum absolute atomic E-state index is 12.9. The van der Waals surface area contributed by atoms with Crippen LogP contribution in [0.25, 0.3) is 0 Å². The third-order valence-corrected chi connectivity index (χ3v) is 4.99. The predicted molar refractivity (Wildman–Crippen MR) is 74.8 cm³/mol. The van der Waals surface area contributed by atoms with Crippen molar-refractivity contribution in [1.29, 1.82) is 0 Å². The van der Waals surface area contributed by atoms with Crippen LogP contribution in [0.15, 0.2) is 24.7 Å². The molecule has 0 N–H and O–H groups in total. The van der Waals surface area contributed by atoms with Gasteiger partial charge in [0.05, 0.1) is 11.7 Å². The maximum atomic E-state index is 12.9. The number of carbonyl (C=O) groups is 1. The number of aromatic nitrogens is 2. The van der Waals surface area contributed by atoms with Crippen molar-refractivity contribution in [2.45, 2.75) is 50.6 Å². The van der Waals surface area contributed by atoms with Crippen molar-refractivity contribution in [2.75, 3.05) is 0 Å². The Kier molecular flexibility index (Phi) is 2.83. The van der Waals surface area contributed by atoms with E-state index in [2.05, 4.69) is 27.0 Å². The quantitative estimate of drug-likeness (QED) is 0.736. The summed E-state index contributed by atoms with van der Waals surface area (Å²) in [6, 6.07) is 0.587. The highest BCUT2D eigenvalue weighted by Crippen LogP contribution is 2.44. The van der Waals surface area contributed by atoms with Crippen LogP contribution in [0.5, 0.6) is 0 Å². The van der Waals surface area contributed by atoms with E-state index < -0.39 is 0 Å². The van der Waals surface area contributed by atoms with E-state index in [4.69, 9.17) is 0 Å². The largest absolute Gasteiger partial charge is 0.332 e. The summed E-state index contributed by atoms with van der Waals surface area (Å²) in [4.78, 5) is 23.6. The summed E-state index contributed by atoms with van der Waals surface area (Å²) in [7, 11) is 0. The molecule has 1 saturated heterocycles. The fourth-order valence-electron chi connectivity index (χ4n) is 3.99. The smallest absolute Gasteiger partial charge is 0.226 e. The van der Waals surface area contributed by atoms with Gasteiger partial charge in [0.15, 0.2) is 0 Å². The average Bonchev–Trinajstić information content (AvgIpc) is 2.82. The second-order valence-electron chi connectivity index (χ2n) is 6.10. The van der Waals surface area contributed by atoms with Gasteiger partial charge in [-0.1, -0.05) is 12.2 Å². The molecule has 1 aliphatic carbocycles. The number of fused-ring (bicyclic) bond motifs is 4. The van der Waals surface area contributed by atoms with E-state index in [1.54, 1.807) is 6.33 Å². The molecule has 3 unspecified atom stereocenters. The lowest BCUT2D eigenvalue weighted by Crippen LogP contribution is -2.45. The lowest BCUT2D eigenvalue weighted by atomic mass is 9.90. The van der Waals surface area contributed by atoms with Crippen molar-refractivity contribution in [2.24, 2.45) is 5.92 Å². The first-order valence-electron chi connectivity index (χ1n) is 7.60. The van der Waals surface area contributed by atoms with Crippen molar-refractivity contribution in [3.05, 3.63) is 35.9 Å². The van der Waals surface area contributed by atoms with Crippen molar-refractivity contribution in [1.82, 2.24) is 14.9 Å². The van der Waals surface area contributed by atoms with E-state index in [-0.39, 0.29) is 12.0 Å². The molecule has 1 fully saturated rings. The molecule has 3 atom stereocenters. The van der Waals surface area contributed by atoms with Crippen LogP contribution < -0.4 is 0 Å². The number of amides is 1. The molecule has 20 heavy (non-hydrogen) atoms.